The van der Waals surface area contributed by atoms with Crippen molar-refractivity contribution in [3.8, 4) is 5.75 Å². The van der Waals surface area contributed by atoms with Crippen LogP contribution in [-0.2, 0) is 23.4 Å². The molecule has 1 aliphatic heterocycles. The Balaban J connectivity index is 1.63. The van der Waals surface area contributed by atoms with Crippen molar-refractivity contribution in [2.24, 2.45) is 5.73 Å². The van der Waals surface area contributed by atoms with Gasteiger partial charge in [0.15, 0.2) is 6.23 Å². The van der Waals surface area contributed by atoms with Gasteiger partial charge in [-0.05, 0) is 31.9 Å². The molecule has 0 saturated carbocycles. The highest BCUT2D eigenvalue weighted by Crippen LogP contribution is 2.45. The lowest BCUT2D eigenvalue weighted by Crippen LogP contribution is -2.35. The lowest BCUT2D eigenvalue weighted by Gasteiger charge is -2.23. The predicted molar refractivity (Wildman–Crippen MR) is 107 cm³/mol. The Kier molecular flexibility index (Phi) is 7.39. The minimum atomic E-state index is -3.94. The van der Waals surface area contributed by atoms with E-state index in [1.54, 1.807) is 30.3 Å². The van der Waals surface area contributed by atoms with E-state index in [0.717, 1.165) is 0 Å². The van der Waals surface area contributed by atoms with Gasteiger partial charge in [-0.1, -0.05) is 18.2 Å². The molecule has 1 amide bonds. The van der Waals surface area contributed by atoms with E-state index in [-0.39, 0.29) is 12.4 Å². The number of benzene rings is 1. The molecule has 3 N–H and O–H groups in total. The Morgan fingerprint density at radius 1 is 1.35 bits per heavy atom. The van der Waals surface area contributed by atoms with Crippen molar-refractivity contribution in [1.82, 2.24) is 19.9 Å². The SMILES string of the molecule is COC(=O)[C@H](C)NP(=O)(OC[C@@H]1CC[C@H](n2cnc(C(N)=O)n2)O1)Oc1ccccc1. The van der Waals surface area contributed by atoms with E-state index in [9.17, 15) is 14.2 Å². The summed E-state index contributed by atoms with van der Waals surface area (Å²) in [4.78, 5) is 26.7. The van der Waals surface area contributed by atoms with Gasteiger partial charge in [0.05, 0.1) is 19.8 Å². The maximum atomic E-state index is 13.3. The van der Waals surface area contributed by atoms with Crippen LogP contribution in [0.2, 0.25) is 0 Å². The van der Waals surface area contributed by atoms with Crippen molar-refractivity contribution in [3.63, 3.8) is 0 Å². The molecule has 1 aromatic carbocycles. The second kappa shape index (κ2) is 10.0. The van der Waals surface area contributed by atoms with Crippen LogP contribution in [0.15, 0.2) is 36.7 Å². The number of carbonyl (C=O) groups excluding carboxylic acids is 2. The first kappa shape index (κ1) is 22.9. The zero-order chi connectivity index (χ0) is 22.4. The lowest BCUT2D eigenvalue weighted by molar-refractivity contribution is -0.142. The maximum Gasteiger partial charge on any atom is 0.459 e. The molecule has 4 atom stereocenters. The van der Waals surface area contributed by atoms with Crippen molar-refractivity contribution in [2.75, 3.05) is 13.7 Å². The largest absolute Gasteiger partial charge is 0.468 e. The number of carbonyl (C=O) groups is 2. The van der Waals surface area contributed by atoms with Crippen LogP contribution in [0.4, 0.5) is 0 Å². The predicted octanol–water partition coefficient (Wildman–Crippen LogP) is 1.41. The Morgan fingerprint density at radius 2 is 2.10 bits per heavy atom. The first-order valence-corrected chi connectivity index (χ1v) is 11.0. The Labute approximate surface area is 178 Å². The summed E-state index contributed by atoms with van der Waals surface area (Å²) in [5.74, 6) is -1.15. The number of rotatable bonds is 10. The fraction of sp³-hybridized carbons (Fsp3) is 0.444. The number of ether oxygens (including phenoxy) is 2. The number of esters is 1. The summed E-state index contributed by atoms with van der Waals surface area (Å²) in [5, 5.41) is 6.56. The van der Waals surface area contributed by atoms with E-state index >= 15 is 0 Å². The second-order valence-corrected chi connectivity index (χ2v) is 8.47. The minimum absolute atomic E-state index is 0.0706. The van der Waals surface area contributed by atoms with Crippen molar-refractivity contribution < 1.29 is 32.7 Å². The van der Waals surface area contributed by atoms with Gasteiger partial charge in [0, 0.05) is 0 Å². The van der Waals surface area contributed by atoms with E-state index in [2.05, 4.69) is 19.9 Å². The number of hydrogen-bond donors (Lipinski definition) is 2. The normalized spacial score (nSPS) is 21.2. The van der Waals surface area contributed by atoms with Gasteiger partial charge in [0.2, 0.25) is 5.82 Å². The van der Waals surface area contributed by atoms with Crippen LogP contribution in [0.5, 0.6) is 5.75 Å². The van der Waals surface area contributed by atoms with Crippen molar-refractivity contribution >= 4 is 19.6 Å². The fourth-order valence-corrected chi connectivity index (χ4v) is 4.41. The third-order valence-electron chi connectivity index (χ3n) is 4.41. The van der Waals surface area contributed by atoms with Crippen LogP contribution < -0.4 is 15.3 Å². The molecule has 13 heteroatoms. The van der Waals surface area contributed by atoms with Gasteiger partial charge in [0.1, 0.15) is 18.1 Å². The number of aromatic nitrogens is 3. The van der Waals surface area contributed by atoms with Gasteiger partial charge < -0.3 is 19.7 Å². The number of nitrogens with zero attached hydrogens (tertiary/aromatic N) is 3. The number of primary amides is 1. The molecule has 2 heterocycles. The highest BCUT2D eigenvalue weighted by Gasteiger charge is 2.35. The van der Waals surface area contributed by atoms with Gasteiger partial charge in [-0.25, -0.2) is 14.2 Å². The average molecular weight is 453 g/mol. The van der Waals surface area contributed by atoms with E-state index in [1.165, 1.54) is 25.0 Å². The molecule has 0 bridgehead atoms. The Bertz CT molecular complexity index is 954. The first-order chi connectivity index (χ1) is 14.8. The molecule has 31 heavy (non-hydrogen) atoms. The Hall–Kier alpha value is -2.79. The number of nitrogens with two attached hydrogens (primary N) is 1. The van der Waals surface area contributed by atoms with Gasteiger partial charge >= 0.3 is 13.7 Å². The van der Waals surface area contributed by atoms with Crippen LogP contribution in [0.1, 0.15) is 36.6 Å². The molecular weight excluding hydrogens is 429 g/mol. The zero-order valence-corrected chi connectivity index (χ0v) is 17.9. The van der Waals surface area contributed by atoms with Crippen molar-refractivity contribution in [2.45, 2.75) is 38.1 Å². The summed E-state index contributed by atoms with van der Waals surface area (Å²) in [7, 11) is -2.72. The molecule has 0 radical (unpaired) electrons. The third kappa shape index (κ3) is 6.11. The molecular formula is C18H24N5O7P. The molecule has 1 fully saturated rings. The summed E-state index contributed by atoms with van der Waals surface area (Å²) in [5.41, 5.74) is 5.16. The van der Waals surface area contributed by atoms with Crippen LogP contribution in [0, 0.1) is 0 Å². The standard InChI is InChI=1S/C18H24N5O7P/c1-12(18(25)27-2)22-31(26,30-13-6-4-3-5-7-13)28-10-14-8-9-15(29-14)23-11-20-17(21-23)16(19)24/h3-7,11-12,14-15H,8-10H2,1-2H3,(H2,19,24)(H,22,26)/t12-,14-,15+,31?/m0/s1. The van der Waals surface area contributed by atoms with Crippen LogP contribution in [0.25, 0.3) is 0 Å². The second-order valence-electron chi connectivity index (χ2n) is 6.77. The number of methoxy groups -OCH3 is 1. The molecule has 3 rings (SSSR count). The molecule has 1 saturated heterocycles. The maximum absolute atomic E-state index is 13.3. The monoisotopic (exact) mass is 453 g/mol. The summed E-state index contributed by atoms with van der Waals surface area (Å²) in [6, 6.07) is 7.51. The summed E-state index contributed by atoms with van der Waals surface area (Å²) >= 11 is 0. The smallest absolute Gasteiger partial charge is 0.459 e. The molecule has 0 spiro atoms. The fourth-order valence-electron chi connectivity index (χ4n) is 2.89. The molecule has 2 aromatic rings. The van der Waals surface area contributed by atoms with E-state index < -0.39 is 38.0 Å². The van der Waals surface area contributed by atoms with E-state index in [1.807, 2.05) is 0 Å². The highest BCUT2D eigenvalue weighted by molar-refractivity contribution is 7.52. The number of para-hydroxylation sites is 1. The zero-order valence-electron chi connectivity index (χ0n) is 17.0. The topological polar surface area (TPSA) is 157 Å². The molecule has 168 valence electrons. The molecule has 1 aliphatic rings. The lowest BCUT2D eigenvalue weighted by atomic mass is 10.2. The molecule has 0 aliphatic carbocycles. The van der Waals surface area contributed by atoms with Crippen molar-refractivity contribution in [3.05, 3.63) is 42.5 Å². The van der Waals surface area contributed by atoms with Gasteiger partial charge in [0.25, 0.3) is 5.91 Å². The number of hydrogen-bond acceptors (Lipinski definition) is 9. The Morgan fingerprint density at radius 3 is 2.74 bits per heavy atom. The quantitative estimate of drug-likeness (QED) is 0.398. The molecule has 1 unspecified atom stereocenters. The summed E-state index contributed by atoms with van der Waals surface area (Å²) in [6.07, 6.45) is 1.62. The van der Waals surface area contributed by atoms with Crippen molar-refractivity contribution in [1.29, 1.82) is 0 Å². The van der Waals surface area contributed by atoms with E-state index in [4.69, 9.17) is 19.5 Å². The summed E-state index contributed by atoms with van der Waals surface area (Å²) in [6.45, 7) is 1.41. The number of amides is 1. The number of nitrogens with one attached hydrogen (secondary N) is 1. The summed E-state index contributed by atoms with van der Waals surface area (Å²) < 4.78 is 36.3. The van der Waals surface area contributed by atoms with Crippen LogP contribution in [-0.4, -0.2) is 52.5 Å². The van der Waals surface area contributed by atoms with Crippen LogP contribution in [0.3, 0.4) is 0 Å². The van der Waals surface area contributed by atoms with E-state index in [0.29, 0.717) is 18.6 Å². The average Bonchev–Trinajstić information content (AvgIpc) is 3.42. The van der Waals surface area contributed by atoms with Gasteiger partial charge in [-0.2, -0.15) is 5.09 Å². The molecule has 1 aromatic heterocycles. The van der Waals surface area contributed by atoms with Crippen LogP contribution >= 0.6 is 7.75 Å². The third-order valence-corrected chi connectivity index (χ3v) is 6.06. The minimum Gasteiger partial charge on any atom is -0.468 e. The molecule has 12 nitrogen and oxygen atoms in total. The highest BCUT2D eigenvalue weighted by atomic mass is 31.2. The van der Waals surface area contributed by atoms with Gasteiger partial charge in [-0.3, -0.25) is 14.1 Å². The first-order valence-electron chi connectivity index (χ1n) is 9.51. The van der Waals surface area contributed by atoms with Gasteiger partial charge in [-0.15, -0.1) is 5.10 Å².